The smallest absolute Gasteiger partial charge is 0.347 e. The summed E-state index contributed by atoms with van der Waals surface area (Å²) in [5.74, 6) is -0.437. The Kier molecular flexibility index (Phi) is 6.13. The van der Waals surface area contributed by atoms with Crippen LogP contribution < -0.4 is 4.74 Å². The zero-order chi connectivity index (χ0) is 19.3. The molecule has 26 heavy (non-hydrogen) atoms. The lowest BCUT2D eigenvalue weighted by molar-refractivity contribution is -0.153. The maximum Gasteiger partial charge on any atom is 0.347 e. The lowest BCUT2D eigenvalue weighted by Gasteiger charge is -2.17. The molecule has 0 amide bonds. The second-order valence-corrected chi connectivity index (χ2v) is 6.14. The molecule has 0 heterocycles. The Morgan fingerprint density at radius 3 is 2.19 bits per heavy atom. The SMILES string of the molecule is Cc1ccc(C(=O)[C@H](C)OC(=O)[C@H](C)Oc2ccc(C#N)cc2)cc1C. The van der Waals surface area contributed by atoms with Crippen molar-refractivity contribution < 1.29 is 19.1 Å². The number of carbonyl (C=O) groups excluding carboxylic acids is 2. The maximum absolute atomic E-state index is 12.4. The fourth-order valence-electron chi connectivity index (χ4n) is 2.31. The number of benzene rings is 2. The molecule has 0 unspecified atom stereocenters. The first-order valence-electron chi connectivity index (χ1n) is 8.30. The van der Waals surface area contributed by atoms with E-state index in [4.69, 9.17) is 14.7 Å². The Labute approximate surface area is 153 Å². The average Bonchev–Trinajstić information content (AvgIpc) is 2.63. The van der Waals surface area contributed by atoms with E-state index in [1.165, 1.54) is 0 Å². The van der Waals surface area contributed by atoms with Gasteiger partial charge in [0, 0.05) is 5.56 Å². The van der Waals surface area contributed by atoms with Crippen LogP contribution in [0, 0.1) is 25.2 Å². The quantitative estimate of drug-likeness (QED) is 0.585. The van der Waals surface area contributed by atoms with Gasteiger partial charge in [-0.25, -0.2) is 4.79 Å². The molecule has 5 heteroatoms. The largest absolute Gasteiger partial charge is 0.479 e. The van der Waals surface area contributed by atoms with Crippen LogP contribution in [0.4, 0.5) is 0 Å². The minimum atomic E-state index is -0.906. The molecule has 2 aromatic rings. The number of ether oxygens (including phenoxy) is 2. The van der Waals surface area contributed by atoms with Crippen LogP contribution in [0.5, 0.6) is 5.75 Å². The molecule has 0 aromatic heterocycles. The minimum absolute atomic E-state index is 0.257. The average molecular weight is 351 g/mol. The number of aryl methyl sites for hydroxylation is 2. The standard InChI is InChI=1S/C21H21NO4/c1-13-5-8-18(11-14(13)2)20(23)15(3)26-21(24)16(4)25-19-9-6-17(12-22)7-10-19/h5-11,15-16H,1-4H3/t15-,16-/m0/s1. The van der Waals surface area contributed by atoms with Crippen LogP contribution in [-0.2, 0) is 9.53 Å². The Hall–Kier alpha value is -3.13. The van der Waals surface area contributed by atoms with Gasteiger partial charge in [-0.15, -0.1) is 0 Å². The van der Waals surface area contributed by atoms with Gasteiger partial charge in [0.2, 0.25) is 5.78 Å². The second kappa shape index (κ2) is 8.30. The molecule has 0 saturated heterocycles. The highest BCUT2D eigenvalue weighted by Crippen LogP contribution is 2.16. The second-order valence-electron chi connectivity index (χ2n) is 6.14. The van der Waals surface area contributed by atoms with E-state index >= 15 is 0 Å². The summed E-state index contributed by atoms with van der Waals surface area (Å²) in [4.78, 5) is 24.6. The van der Waals surface area contributed by atoms with Crippen molar-refractivity contribution >= 4 is 11.8 Å². The van der Waals surface area contributed by atoms with Gasteiger partial charge in [-0.2, -0.15) is 5.26 Å². The molecular weight excluding hydrogens is 330 g/mol. The Morgan fingerprint density at radius 1 is 0.962 bits per heavy atom. The molecule has 2 atom stereocenters. The summed E-state index contributed by atoms with van der Waals surface area (Å²) in [6.45, 7) is 6.99. The molecule has 0 fully saturated rings. The molecule has 0 spiro atoms. The Balaban J connectivity index is 1.97. The van der Waals surface area contributed by atoms with E-state index in [9.17, 15) is 9.59 Å². The van der Waals surface area contributed by atoms with E-state index in [1.54, 1.807) is 50.2 Å². The van der Waals surface area contributed by atoms with E-state index in [1.807, 2.05) is 26.0 Å². The van der Waals surface area contributed by atoms with Crippen LogP contribution in [0.1, 0.15) is 40.9 Å². The zero-order valence-electron chi connectivity index (χ0n) is 15.3. The maximum atomic E-state index is 12.4. The van der Waals surface area contributed by atoms with E-state index in [-0.39, 0.29) is 5.78 Å². The first kappa shape index (κ1) is 19.2. The van der Waals surface area contributed by atoms with Gasteiger partial charge in [0.25, 0.3) is 0 Å². The summed E-state index contributed by atoms with van der Waals surface area (Å²) in [6, 6.07) is 13.8. The van der Waals surface area contributed by atoms with Crippen molar-refractivity contribution in [2.24, 2.45) is 0 Å². The van der Waals surface area contributed by atoms with Crippen molar-refractivity contribution in [1.29, 1.82) is 5.26 Å². The summed E-state index contributed by atoms with van der Waals surface area (Å²) in [6.07, 6.45) is -1.78. The van der Waals surface area contributed by atoms with Crippen LogP contribution in [0.15, 0.2) is 42.5 Å². The van der Waals surface area contributed by atoms with Crippen LogP contribution in [-0.4, -0.2) is 24.0 Å². The lowest BCUT2D eigenvalue weighted by Crippen LogP contribution is -2.32. The highest BCUT2D eigenvalue weighted by molar-refractivity contribution is 6.00. The van der Waals surface area contributed by atoms with Gasteiger partial charge in [0.15, 0.2) is 12.2 Å². The normalized spacial score (nSPS) is 12.6. The number of nitriles is 1. The van der Waals surface area contributed by atoms with Crippen molar-refractivity contribution in [2.45, 2.75) is 39.9 Å². The van der Waals surface area contributed by atoms with Crippen LogP contribution in [0.3, 0.4) is 0 Å². The van der Waals surface area contributed by atoms with E-state index < -0.39 is 18.2 Å². The molecule has 5 nitrogen and oxygen atoms in total. The fourth-order valence-corrected chi connectivity index (χ4v) is 2.31. The summed E-state index contributed by atoms with van der Waals surface area (Å²) in [7, 11) is 0. The number of esters is 1. The van der Waals surface area contributed by atoms with Gasteiger partial charge >= 0.3 is 5.97 Å². The van der Waals surface area contributed by atoms with Gasteiger partial charge in [0.05, 0.1) is 11.6 Å². The third-order valence-electron chi connectivity index (χ3n) is 4.08. The molecule has 0 saturated carbocycles. The molecule has 0 radical (unpaired) electrons. The van der Waals surface area contributed by atoms with Crippen molar-refractivity contribution in [2.75, 3.05) is 0 Å². The number of hydrogen-bond acceptors (Lipinski definition) is 5. The molecule has 0 bridgehead atoms. The van der Waals surface area contributed by atoms with Crippen molar-refractivity contribution in [3.05, 3.63) is 64.7 Å². The van der Waals surface area contributed by atoms with Gasteiger partial charge in [-0.05, 0) is 69.2 Å². The minimum Gasteiger partial charge on any atom is -0.479 e. The molecular formula is C21H21NO4. The van der Waals surface area contributed by atoms with Crippen molar-refractivity contribution in [3.8, 4) is 11.8 Å². The Morgan fingerprint density at radius 2 is 1.62 bits per heavy atom. The number of nitrogens with zero attached hydrogens (tertiary/aromatic N) is 1. The topological polar surface area (TPSA) is 76.4 Å². The summed E-state index contributed by atoms with van der Waals surface area (Å²) < 4.78 is 10.8. The number of rotatable bonds is 6. The highest BCUT2D eigenvalue weighted by atomic mass is 16.6. The summed E-state index contributed by atoms with van der Waals surface area (Å²) >= 11 is 0. The number of Topliss-reactive ketones (excluding diaryl/α,β-unsaturated/α-hetero) is 1. The molecule has 0 aliphatic carbocycles. The van der Waals surface area contributed by atoms with Gasteiger partial charge in [-0.1, -0.05) is 12.1 Å². The molecule has 0 N–H and O–H groups in total. The predicted molar refractivity (Wildman–Crippen MR) is 97.0 cm³/mol. The zero-order valence-corrected chi connectivity index (χ0v) is 15.3. The molecule has 2 aromatic carbocycles. The first-order valence-corrected chi connectivity index (χ1v) is 8.30. The molecule has 0 aliphatic heterocycles. The summed E-state index contributed by atoms with van der Waals surface area (Å²) in [5.41, 5.74) is 3.11. The third kappa shape index (κ3) is 4.70. The summed E-state index contributed by atoms with van der Waals surface area (Å²) in [5, 5.41) is 8.78. The predicted octanol–water partition coefficient (Wildman–Crippen LogP) is 3.76. The van der Waals surface area contributed by atoms with Crippen LogP contribution >= 0.6 is 0 Å². The monoisotopic (exact) mass is 351 g/mol. The Bertz CT molecular complexity index is 849. The van der Waals surface area contributed by atoms with E-state index in [2.05, 4.69) is 0 Å². The van der Waals surface area contributed by atoms with Crippen LogP contribution in [0.2, 0.25) is 0 Å². The number of ketones is 1. The van der Waals surface area contributed by atoms with Crippen LogP contribution in [0.25, 0.3) is 0 Å². The van der Waals surface area contributed by atoms with Crippen molar-refractivity contribution in [1.82, 2.24) is 0 Å². The molecule has 0 aliphatic rings. The highest BCUT2D eigenvalue weighted by Gasteiger charge is 2.24. The molecule has 2 rings (SSSR count). The van der Waals surface area contributed by atoms with Gasteiger partial charge < -0.3 is 9.47 Å². The van der Waals surface area contributed by atoms with Crippen molar-refractivity contribution in [3.63, 3.8) is 0 Å². The number of hydrogen-bond donors (Lipinski definition) is 0. The molecule has 134 valence electrons. The van der Waals surface area contributed by atoms with Gasteiger partial charge in [0.1, 0.15) is 5.75 Å². The first-order chi connectivity index (χ1) is 12.3. The third-order valence-corrected chi connectivity index (χ3v) is 4.08. The van der Waals surface area contributed by atoms with E-state index in [0.29, 0.717) is 16.9 Å². The van der Waals surface area contributed by atoms with E-state index in [0.717, 1.165) is 11.1 Å². The lowest BCUT2D eigenvalue weighted by atomic mass is 10.0. The number of carbonyl (C=O) groups is 2. The fraction of sp³-hybridized carbons (Fsp3) is 0.286. The van der Waals surface area contributed by atoms with Gasteiger partial charge in [-0.3, -0.25) is 4.79 Å².